The van der Waals surface area contributed by atoms with Crippen LogP contribution in [0, 0.1) is 6.92 Å². The molecule has 0 radical (unpaired) electrons. The number of benzene rings is 1. The van der Waals surface area contributed by atoms with Crippen LogP contribution in [0.2, 0.25) is 0 Å². The van der Waals surface area contributed by atoms with E-state index in [9.17, 15) is 9.59 Å². The van der Waals surface area contributed by atoms with Gasteiger partial charge in [-0.15, -0.1) is 11.3 Å². The molecule has 1 amide bonds. The average Bonchev–Trinajstić information content (AvgIpc) is 2.91. The Morgan fingerprint density at radius 2 is 2.05 bits per heavy atom. The highest BCUT2D eigenvalue weighted by atomic mass is 32.1. The lowest BCUT2D eigenvalue weighted by Crippen LogP contribution is -2.20. The number of carbonyl (C=O) groups is 2. The summed E-state index contributed by atoms with van der Waals surface area (Å²) in [5, 5.41) is 2.64. The lowest BCUT2D eigenvalue weighted by atomic mass is 10.3. The van der Waals surface area contributed by atoms with Gasteiger partial charge < -0.3 is 14.8 Å². The van der Waals surface area contributed by atoms with Gasteiger partial charge in [-0.05, 0) is 31.2 Å². The lowest BCUT2D eigenvalue weighted by Gasteiger charge is -2.07. The molecule has 0 bridgehead atoms. The van der Waals surface area contributed by atoms with Crippen molar-refractivity contribution in [2.75, 3.05) is 19.0 Å². The Bertz CT molecular complexity index is 651. The van der Waals surface area contributed by atoms with Crippen molar-refractivity contribution in [1.29, 1.82) is 0 Å². The fraction of sp³-hybridized carbons (Fsp3) is 0.200. The predicted molar refractivity (Wildman–Crippen MR) is 81.0 cm³/mol. The van der Waals surface area contributed by atoms with Gasteiger partial charge in [-0.3, -0.25) is 4.79 Å². The molecule has 1 aromatic heterocycles. The standard InChI is InChI=1S/C15H15NO4S/c1-10-6-7-13(21-10)15(18)20-9-14(17)16-11-4-3-5-12(8-11)19-2/h3-8H,9H2,1-2H3,(H,16,17). The minimum atomic E-state index is -0.492. The van der Waals surface area contributed by atoms with Gasteiger partial charge in [-0.1, -0.05) is 6.07 Å². The van der Waals surface area contributed by atoms with Crippen LogP contribution in [0.1, 0.15) is 14.5 Å². The molecule has 0 saturated carbocycles. The maximum absolute atomic E-state index is 11.7. The molecule has 0 unspecified atom stereocenters. The van der Waals surface area contributed by atoms with Gasteiger partial charge in [0.1, 0.15) is 10.6 Å². The van der Waals surface area contributed by atoms with Gasteiger partial charge in [-0.25, -0.2) is 4.79 Å². The topological polar surface area (TPSA) is 64.6 Å². The van der Waals surface area contributed by atoms with E-state index in [-0.39, 0.29) is 6.61 Å². The molecule has 6 heteroatoms. The number of carbonyl (C=O) groups excluding carboxylic acids is 2. The number of methoxy groups -OCH3 is 1. The van der Waals surface area contributed by atoms with Gasteiger partial charge in [0.2, 0.25) is 0 Å². The predicted octanol–water partition coefficient (Wildman–Crippen LogP) is 2.86. The number of nitrogens with one attached hydrogen (secondary N) is 1. The molecule has 2 aromatic rings. The molecule has 21 heavy (non-hydrogen) atoms. The van der Waals surface area contributed by atoms with Crippen molar-refractivity contribution in [3.8, 4) is 5.75 Å². The number of ether oxygens (including phenoxy) is 2. The molecule has 2 rings (SSSR count). The fourth-order valence-corrected chi connectivity index (χ4v) is 2.41. The maximum Gasteiger partial charge on any atom is 0.348 e. The Hall–Kier alpha value is -2.34. The van der Waals surface area contributed by atoms with E-state index in [1.54, 1.807) is 37.4 Å². The molecule has 110 valence electrons. The maximum atomic E-state index is 11.7. The van der Waals surface area contributed by atoms with E-state index < -0.39 is 11.9 Å². The van der Waals surface area contributed by atoms with E-state index in [1.165, 1.54) is 11.3 Å². The third-order valence-corrected chi connectivity index (χ3v) is 3.61. The van der Waals surface area contributed by atoms with Crippen LogP contribution >= 0.6 is 11.3 Å². The van der Waals surface area contributed by atoms with E-state index in [0.29, 0.717) is 16.3 Å². The van der Waals surface area contributed by atoms with Crippen LogP contribution in [-0.2, 0) is 9.53 Å². The molecule has 0 fully saturated rings. The zero-order chi connectivity index (χ0) is 15.2. The lowest BCUT2D eigenvalue weighted by molar-refractivity contribution is -0.119. The van der Waals surface area contributed by atoms with Gasteiger partial charge >= 0.3 is 5.97 Å². The minimum Gasteiger partial charge on any atom is -0.497 e. The highest BCUT2D eigenvalue weighted by molar-refractivity contribution is 7.13. The van der Waals surface area contributed by atoms with Crippen molar-refractivity contribution in [1.82, 2.24) is 0 Å². The highest BCUT2D eigenvalue weighted by Gasteiger charge is 2.12. The summed E-state index contributed by atoms with van der Waals surface area (Å²) in [6, 6.07) is 10.5. The summed E-state index contributed by atoms with van der Waals surface area (Å²) < 4.78 is 10.0. The Morgan fingerprint density at radius 1 is 1.24 bits per heavy atom. The summed E-state index contributed by atoms with van der Waals surface area (Å²) in [5.41, 5.74) is 0.586. The van der Waals surface area contributed by atoms with Gasteiger partial charge in [-0.2, -0.15) is 0 Å². The zero-order valence-corrected chi connectivity index (χ0v) is 12.5. The number of amides is 1. The first-order chi connectivity index (χ1) is 10.1. The molecule has 0 aliphatic rings. The van der Waals surface area contributed by atoms with E-state index in [4.69, 9.17) is 9.47 Å². The monoisotopic (exact) mass is 305 g/mol. The summed E-state index contributed by atoms with van der Waals surface area (Å²) >= 11 is 1.33. The molecular weight excluding hydrogens is 290 g/mol. The summed E-state index contributed by atoms with van der Waals surface area (Å²) in [4.78, 5) is 24.9. The van der Waals surface area contributed by atoms with E-state index in [1.807, 2.05) is 13.0 Å². The molecule has 0 aliphatic heterocycles. The van der Waals surface area contributed by atoms with Gasteiger partial charge in [0.05, 0.1) is 7.11 Å². The van der Waals surface area contributed by atoms with Crippen LogP contribution in [0.15, 0.2) is 36.4 Å². The number of esters is 1. The number of anilines is 1. The molecule has 5 nitrogen and oxygen atoms in total. The third-order valence-electron chi connectivity index (χ3n) is 2.63. The first kappa shape index (κ1) is 15.1. The summed E-state index contributed by atoms with van der Waals surface area (Å²) in [5.74, 6) is -0.252. The zero-order valence-electron chi connectivity index (χ0n) is 11.7. The van der Waals surface area contributed by atoms with E-state index >= 15 is 0 Å². The van der Waals surface area contributed by atoms with Crippen molar-refractivity contribution in [2.24, 2.45) is 0 Å². The molecule has 0 aliphatic carbocycles. The van der Waals surface area contributed by atoms with Crippen LogP contribution < -0.4 is 10.1 Å². The molecule has 1 N–H and O–H groups in total. The Labute approximate surface area is 126 Å². The van der Waals surface area contributed by atoms with Crippen molar-refractivity contribution in [3.05, 3.63) is 46.2 Å². The minimum absolute atomic E-state index is 0.326. The number of rotatable bonds is 5. The summed E-state index contributed by atoms with van der Waals surface area (Å²) in [7, 11) is 1.55. The van der Waals surface area contributed by atoms with Crippen molar-refractivity contribution in [2.45, 2.75) is 6.92 Å². The van der Waals surface area contributed by atoms with Crippen LogP contribution in [0.5, 0.6) is 5.75 Å². The van der Waals surface area contributed by atoms with Gasteiger partial charge in [0.15, 0.2) is 6.61 Å². The Balaban J connectivity index is 1.85. The summed E-state index contributed by atoms with van der Waals surface area (Å²) in [6.45, 7) is 1.57. The molecular formula is C15H15NO4S. The normalized spacial score (nSPS) is 10.0. The quantitative estimate of drug-likeness (QED) is 0.863. The molecule has 1 aromatic carbocycles. The van der Waals surface area contributed by atoms with Crippen LogP contribution in [0.25, 0.3) is 0 Å². The Morgan fingerprint density at radius 3 is 2.71 bits per heavy atom. The van der Waals surface area contributed by atoms with E-state index in [2.05, 4.69) is 5.32 Å². The summed E-state index contributed by atoms with van der Waals surface area (Å²) in [6.07, 6.45) is 0. The number of hydrogen-bond donors (Lipinski definition) is 1. The average molecular weight is 305 g/mol. The second-order valence-electron chi connectivity index (χ2n) is 4.27. The van der Waals surface area contributed by atoms with Crippen LogP contribution in [-0.4, -0.2) is 25.6 Å². The number of hydrogen-bond acceptors (Lipinski definition) is 5. The third kappa shape index (κ3) is 4.32. The number of aryl methyl sites for hydroxylation is 1. The molecule has 0 spiro atoms. The van der Waals surface area contributed by atoms with Crippen molar-refractivity contribution >= 4 is 28.9 Å². The van der Waals surface area contributed by atoms with Crippen molar-refractivity contribution in [3.63, 3.8) is 0 Å². The molecule has 0 atom stereocenters. The molecule has 1 heterocycles. The fourth-order valence-electron chi connectivity index (χ4n) is 1.64. The second kappa shape index (κ2) is 6.90. The van der Waals surface area contributed by atoms with Crippen molar-refractivity contribution < 1.29 is 19.1 Å². The van der Waals surface area contributed by atoms with E-state index in [0.717, 1.165) is 4.88 Å². The second-order valence-corrected chi connectivity index (χ2v) is 5.55. The van der Waals surface area contributed by atoms with Crippen LogP contribution in [0.3, 0.4) is 0 Å². The van der Waals surface area contributed by atoms with Crippen LogP contribution in [0.4, 0.5) is 5.69 Å². The highest BCUT2D eigenvalue weighted by Crippen LogP contribution is 2.17. The molecule has 0 saturated heterocycles. The van der Waals surface area contributed by atoms with Gasteiger partial charge in [0.25, 0.3) is 5.91 Å². The number of thiophene rings is 1. The SMILES string of the molecule is COc1cccc(NC(=O)COC(=O)c2ccc(C)s2)c1. The van der Waals surface area contributed by atoms with Gasteiger partial charge in [0, 0.05) is 16.6 Å². The first-order valence-corrected chi connectivity index (χ1v) is 7.07. The largest absolute Gasteiger partial charge is 0.497 e. The first-order valence-electron chi connectivity index (χ1n) is 6.26. The Kier molecular flexibility index (Phi) is 4.94. The smallest absolute Gasteiger partial charge is 0.348 e.